The van der Waals surface area contributed by atoms with Crippen molar-refractivity contribution in [1.82, 2.24) is 0 Å². The van der Waals surface area contributed by atoms with Crippen molar-refractivity contribution in [3.63, 3.8) is 0 Å². The van der Waals surface area contributed by atoms with Crippen molar-refractivity contribution in [2.75, 3.05) is 26.4 Å². The Hall–Kier alpha value is -0.620. The van der Waals surface area contributed by atoms with E-state index in [1.54, 1.807) is 0 Å². The quantitative estimate of drug-likeness (QED) is 0.317. The van der Waals surface area contributed by atoms with Crippen LogP contribution in [0.2, 0.25) is 0 Å². The van der Waals surface area contributed by atoms with Gasteiger partial charge in [0.25, 0.3) is 0 Å². The molecule has 2 saturated heterocycles. The first kappa shape index (κ1) is 22.7. The molecule has 0 saturated carbocycles. The molecule has 2 heterocycles. The zero-order valence-corrected chi connectivity index (χ0v) is 17.5. The number of hydrogen-bond donors (Lipinski definition) is 0. The van der Waals surface area contributed by atoms with Crippen molar-refractivity contribution in [2.45, 2.75) is 103 Å². The molecule has 2 rings (SSSR count). The number of ether oxygens (including phenoxy) is 5. The number of allylic oxidation sites excluding steroid dienone is 2. The van der Waals surface area contributed by atoms with Crippen LogP contribution in [0.1, 0.15) is 84.5 Å². The van der Waals surface area contributed by atoms with Gasteiger partial charge in [0.1, 0.15) is 0 Å². The van der Waals surface area contributed by atoms with Crippen LogP contribution in [-0.2, 0) is 23.7 Å². The first-order valence-electron chi connectivity index (χ1n) is 11.1. The van der Waals surface area contributed by atoms with Gasteiger partial charge in [0.05, 0.1) is 18.5 Å². The van der Waals surface area contributed by atoms with Crippen molar-refractivity contribution in [2.24, 2.45) is 0 Å². The fraction of sp³-hybridized carbons (Fsp3) is 0.909. The molecule has 0 amide bonds. The first-order valence-corrected chi connectivity index (χ1v) is 11.1. The summed E-state index contributed by atoms with van der Waals surface area (Å²) in [5.41, 5.74) is 0. The molecule has 0 aromatic heterocycles. The Labute approximate surface area is 165 Å². The number of hydrogen-bond acceptors (Lipinski definition) is 5. The minimum absolute atomic E-state index is 0.0160. The topological polar surface area (TPSA) is 46.2 Å². The van der Waals surface area contributed by atoms with Crippen LogP contribution in [0, 0.1) is 0 Å². The summed E-state index contributed by atoms with van der Waals surface area (Å²) < 4.78 is 28.8. The second kappa shape index (κ2) is 14.4. The Morgan fingerprint density at radius 1 is 0.889 bits per heavy atom. The summed E-state index contributed by atoms with van der Waals surface area (Å²) in [7, 11) is 0. The van der Waals surface area contributed by atoms with Crippen LogP contribution in [-0.4, -0.2) is 45.1 Å². The lowest BCUT2D eigenvalue weighted by Gasteiger charge is -2.22. The molecule has 0 N–H and O–H groups in total. The average molecular weight is 385 g/mol. The molecule has 158 valence electrons. The SMILES string of the molecule is CC(C)O/C(=C\CCCOC1CCCCO1)CCCCOC1CCCCO1. The van der Waals surface area contributed by atoms with Crippen LogP contribution < -0.4 is 0 Å². The molecule has 27 heavy (non-hydrogen) atoms. The summed E-state index contributed by atoms with van der Waals surface area (Å²) in [5.74, 6) is 1.10. The Kier molecular flexibility index (Phi) is 12.1. The second-order valence-corrected chi connectivity index (χ2v) is 7.77. The maximum absolute atomic E-state index is 5.97. The predicted molar refractivity (Wildman–Crippen MR) is 106 cm³/mol. The summed E-state index contributed by atoms with van der Waals surface area (Å²) in [6.45, 7) is 7.38. The molecular weight excluding hydrogens is 344 g/mol. The highest BCUT2D eigenvalue weighted by Crippen LogP contribution is 2.17. The summed E-state index contributed by atoms with van der Waals surface area (Å²) >= 11 is 0. The third-order valence-electron chi connectivity index (χ3n) is 4.81. The van der Waals surface area contributed by atoms with E-state index >= 15 is 0 Å². The van der Waals surface area contributed by atoms with Crippen molar-refractivity contribution in [3.8, 4) is 0 Å². The summed E-state index contributed by atoms with van der Waals surface area (Å²) in [6, 6.07) is 0. The largest absolute Gasteiger partial charge is 0.496 e. The molecule has 0 spiro atoms. The molecule has 0 bridgehead atoms. The Balaban J connectivity index is 1.54. The summed E-state index contributed by atoms with van der Waals surface area (Å²) in [4.78, 5) is 0. The molecule has 2 aliphatic rings. The van der Waals surface area contributed by atoms with Crippen LogP contribution in [0.3, 0.4) is 0 Å². The van der Waals surface area contributed by atoms with E-state index in [4.69, 9.17) is 23.7 Å². The minimum atomic E-state index is 0.0160. The van der Waals surface area contributed by atoms with E-state index in [0.717, 1.165) is 83.6 Å². The molecule has 0 aromatic carbocycles. The van der Waals surface area contributed by atoms with Gasteiger partial charge in [0, 0.05) is 26.2 Å². The van der Waals surface area contributed by atoms with E-state index in [1.807, 2.05) is 0 Å². The Morgan fingerprint density at radius 2 is 1.52 bits per heavy atom. The average Bonchev–Trinajstić information content (AvgIpc) is 2.68. The highest BCUT2D eigenvalue weighted by atomic mass is 16.7. The van der Waals surface area contributed by atoms with Gasteiger partial charge < -0.3 is 23.7 Å². The van der Waals surface area contributed by atoms with E-state index in [2.05, 4.69) is 19.9 Å². The Bertz CT molecular complexity index is 384. The molecule has 5 heteroatoms. The first-order chi connectivity index (χ1) is 13.2. The van der Waals surface area contributed by atoms with Gasteiger partial charge in [-0.25, -0.2) is 0 Å². The Morgan fingerprint density at radius 3 is 2.07 bits per heavy atom. The lowest BCUT2D eigenvalue weighted by atomic mass is 10.1. The van der Waals surface area contributed by atoms with Crippen LogP contribution in [0.25, 0.3) is 0 Å². The summed E-state index contributed by atoms with van der Waals surface area (Å²) in [5, 5.41) is 0. The molecule has 2 aliphatic heterocycles. The molecule has 0 aliphatic carbocycles. The van der Waals surface area contributed by atoms with Gasteiger partial charge in [-0.2, -0.15) is 0 Å². The maximum Gasteiger partial charge on any atom is 0.157 e. The van der Waals surface area contributed by atoms with Crippen LogP contribution in [0.5, 0.6) is 0 Å². The van der Waals surface area contributed by atoms with Gasteiger partial charge in [-0.3, -0.25) is 0 Å². The van der Waals surface area contributed by atoms with Crippen LogP contribution >= 0.6 is 0 Å². The van der Waals surface area contributed by atoms with Gasteiger partial charge in [0.15, 0.2) is 12.6 Å². The van der Waals surface area contributed by atoms with E-state index in [-0.39, 0.29) is 18.7 Å². The van der Waals surface area contributed by atoms with E-state index in [9.17, 15) is 0 Å². The third-order valence-corrected chi connectivity index (χ3v) is 4.81. The lowest BCUT2D eigenvalue weighted by molar-refractivity contribution is -0.162. The fourth-order valence-corrected chi connectivity index (χ4v) is 3.37. The molecule has 0 radical (unpaired) electrons. The van der Waals surface area contributed by atoms with Gasteiger partial charge in [0.2, 0.25) is 0 Å². The molecular formula is C22H40O5. The zero-order chi connectivity index (χ0) is 19.2. The molecule has 5 nitrogen and oxygen atoms in total. The van der Waals surface area contributed by atoms with Gasteiger partial charge in [-0.15, -0.1) is 0 Å². The normalized spacial score (nSPS) is 24.3. The van der Waals surface area contributed by atoms with Crippen molar-refractivity contribution in [3.05, 3.63) is 11.8 Å². The predicted octanol–water partition coefficient (Wildman–Crippen LogP) is 5.33. The van der Waals surface area contributed by atoms with Crippen molar-refractivity contribution >= 4 is 0 Å². The summed E-state index contributed by atoms with van der Waals surface area (Å²) in [6.07, 6.45) is 14.4. The number of rotatable bonds is 13. The van der Waals surface area contributed by atoms with Gasteiger partial charge >= 0.3 is 0 Å². The minimum Gasteiger partial charge on any atom is -0.496 e. The van der Waals surface area contributed by atoms with Crippen molar-refractivity contribution < 1.29 is 23.7 Å². The highest BCUT2D eigenvalue weighted by molar-refractivity contribution is 4.93. The smallest absolute Gasteiger partial charge is 0.157 e. The second-order valence-electron chi connectivity index (χ2n) is 7.77. The van der Waals surface area contributed by atoms with Crippen LogP contribution in [0.4, 0.5) is 0 Å². The standard InChI is InChI=1S/C22H40O5/c1-19(2)27-20(11-3-7-15-23-21-13-5-9-17-25-21)12-4-8-16-24-22-14-6-10-18-26-22/h11,19,21-22H,3-10,12-18H2,1-2H3/b20-11-. The molecule has 2 atom stereocenters. The van der Waals surface area contributed by atoms with Crippen LogP contribution in [0.15, 0.2) is 11.8 Å². The molecule has 2 fully saturated rings. The molecule has 2 unspecified atom stereocenters. The van der Waals surface area contributed by atoms with Gasteiger partial charge in [-0.05, 0) is 84.1 Å². The number of unbranched alkanes of at least 4 members (excludes halogenated alkanes) is 2. The monoisotopic (exact) mass is 384 g/mol. The van der Waals surface area contributed by atoms with E-state index in [0.29, 0.717) is 0 Å². The van der Waals surface area contributed by atoms with Gasteiger partial charge in [-0.1, -0.05) is 0 Å². The van der Waals surface area contributed by atoms with E-state index < -0.39 is 0 Å². The third kappa shape index (κ3) is 11.1. The maximum atomic E-state index is 5.97. The molecule has 0 aromatic rings. The highest BCUT2D eigenvalue weighted by Gasteiger charge is 2.14. The van der Waals surface area contributed by atoms with E-state index in [1.165, 1.54) is 19.3 Å². The fourth-order valence-electron chi connectivity index (χ4n) is 3.37. The van der Waals surface area contributed by atoms with Crippen molar-refractivity contribution in [1.29, 1.82) is 0 Å². The lowest BCUT2D eigenvalue weighted by Crippen LogP contribution is -2.22. The zero-order valence-electron chi connectivity index (χ0n) is 17.5.